The maximum atomic E-state index is 13.6. The lowest BCUT2D eigenvalue weighted by Crippen LogP contribution is -2.54. The minimum atomic E-state index is -4.66. The molecule has 3 aromatic rings. The van der Waals surface area contributed by atoms with Gasteiger partial charge in [-0.1, -0.05) is 43.0 Å². The fourth-order valence-corrected chi connectivity index (χ4v) is 4.81. The molecule has 0 bridgehead atoms. The van der Waals surface area contributed by atoms with Crippen LogP contribution in [0.2, 0.25) is 0 Å². The van der Waals surface area contributed by atoms with Gasteiger partial charge in [-0.15, -0.1) is 0 Å². The van der Waals surface area contributed by atoms with Gasteiger partial charge in [-0.2, -0.15) is 18.4 Å². The number of carboxylic acid groups (broad SMARTS) is 1. The molecule has 8 nitrogen and oxygen atoms in total. The van der Waals surface area contributed by atoms with E-state index in [2.05, 4.69) is 6.58 Å². The molecule has 0 amide bonds. The SMILES string of the molecule is C=CCOC(=O)C1=C(C)N(c2cccc(C(F)(F)F)c2)C(O)N(Cc2ccc(C(=O)O)cc2)C1c1ccc(C#N)cc1. The quantitative estimate of drug-likeness (QED) is 0.262. The number of allylic oxidation sites excluding steroid dienone is 1. The largest absolute Gasteiger partial charge is 0.478 e. The van der Waals surface area contributed by atoms with Crippen molar-refractivity contribution in [1.82, 2.24) is 4.90 Å². The lowest BCUT2D eigenvalue weighted by atomic mass is 9.91. The van der Waals surface area contributed by atoms with Gasteiger partial charge in [0.2, 0.25) is 0 Å². The van der Waals surface area contributed by atoms with Crippen molar-refractivity contribution in [1.29, 1.82) is 5.26 Å². The fourth-order valence-electron chi connectivity index (χ4n) is 4.81. The van der Waals surface area contributed by atoms with E-state index in [-0.39, 0.29) is 35.7 Å². The molecular weight excluding hydrogens is 551 g/mol. The van der Waals surface area contributed by atoms with Crippen LogP contribution in [0, 0.1) is 11.3 Å². The number of carbonyl (C=O) groups is 2. The number of alkyl halides is 3. The molecule has 1 aliphatic heterocycles. The van der Waals surface area contributed by atoms with Crippen LogP contribution in [-0.4, -0.2) is 40.0 Å². The Bertz CT molecular complexity index is 1560. The predicted molar refractivity (Wildman–Crippen MR) is 147 cm³/mol. The maximum absolute atomic E-state index is 13.6. The molecule has 2 unspecified atom stereocenters. The molecule has 42 heavy (non-hydrogen) atoms. The van der Waals surface area contributed by atoms with E-state index in [1.165, 1.54) is 47.1 Å². The van der Waals surface area contributed by atoms with Crippen LogP contribution in [0.15, 0.2) is 96.7 Å². The third kappa shape index (κ3) is 6.20. The number of carbonyl (C=O) groups excluding carboxylic acids is 1. The van der Waals surface area contributed by atoms with E-state index in [1.807, 2.05) is 6.07 Å². The van der Waals surface area contributed by atoms with Crippen LogP contribution in [0.25, 0.3) is 0 Å². The summed E-state index contributed by atoms with van der Waals surface area (Å²) in [6.07, 6.45) is -4.87. The number of aliphatic hydroxyl groups excluding tert-OH is 1. The molecule has 0 aromatic heterocycles. The minimum Gasteiger partial charge on any atom is -0.478 e. The molecule has 2 N–H and O–H groups in total. The van der Waals surface area contributed by atoms with Crippen molar-refractivity contribution in [2.45, 2.75) is 32.0 Å². The number of hydrogen-bond acceptors (Lipinski definition) is 7. The topological polar surface area (TPSA) is 114 Å². The fraction of sp³-hybridized carbons (Fsp3) is 0.194. The van der Waals surface area contributed by atoms with Gasteiger partial charge in [-0.25, -0.2) is 14.5 Å². The second-order valence-corrected chi connectivity index (χ2v) is 9.46. The maximum Gasteiger partial charge on any atom is 0.416 e. The Labute approximate surface area is 239 Å². The van der Waals surface area contributed by atoms with Crippen LogP contribution in [0.5, 0.6) is 0 Å². The first-order valence-electron chi connectivity index (χ1n) is 12.7. The van der Waals surface area contributed by atoms with Crippen LogP contribution in [0.1, 0.15) is 45.6 Å². The van der Waals surface area contributed by atoms with Crippen LogP contribution >= 0.6 is 0 Å². The number of aliphatic hydroxyl groups is 1. The molecule has 3 aromatic carbocycles. The van der Waals surface area contributed by atoms with E-state index in [9.17, 15) is 38.2 Å². The molecule has 0 spiro atoms. The molecule has 4 rings (SSSR count). The first-order valence-corrected chi connectivity index (χ1v) is 12.7. The number of nitrogens with zero attached hydrogens (tertiary/aromatic N) is 3. The van der Waals surface area contributed by atoms with Crippen LogP contribution < -0.4 is 4.90 Å². The monoisotopic (exact) mass is 577 g/mol. The van der Waals surface area contributed by atoms with E-state index in [1.54, 1.807) is 36.4 Å². The number of anilines is 1. The summed E-state index contributed by atoms with van der Waals surface area (Å²) in [6, 6.07) is 17.6. The highest BCUT2D eigenvalue weighted by Crippen LogP contribution is 2.43. The van der Waals surface area contributed by atoms with Crippen molar-refractivity contribution >= 4 is 17.6 Å². The summed E-state index contributed by atoms with van der Waals surface area (Å²) < 4.78 is 46.3. The van der Waals surface area contributed by atoms with Gasteiger partial charge in [0.05, 0.1) is 34.4 Å². The molecule has 0 fully saturated rings. The summed E-state index contributed by atoms with van der Waals surface area (Å²) in [6.45, 7) is 4.87. The van der Waals surface area contributed by atoms with Gasteiger partial charge < -0.3 is 19.8 Å². The Morgan fingerprint density at radius 2 is 1.76 bits per heavy atom. The van der Waals surface area contributed by atoms with Crippen molar-refractivity contribution in [2.75, 3.05) is 11.5 Å². The molecule has 1 aliphatic rings. The molecule has 216 valence electrons. The smallest absolute Gasteiger partial charge is 0.416 e. The Kier molecular flexibility index (Phi) is 8.80. The summed E-state index contributed by atoms with van der Waals surface area (Å²) >= 11 is 0. The van der Waals surface area contributed by atoms with Gasteiger partial charge in [-0.05, 0) is 60.5 Å². The number of esters is 1. The van der Waals surface area contributed by atoms with Crippen molar-refractivity contribution < 1.29 is 37.7 Å². The Morgan fingerprint density at radius 3 is 2.33 bits per heavy atom. The number of ether oxygens (including phenoxy) is 1. The van der Waals surface area contributed by atoms with Gasteiger partial charge >= 0.3 is 18.1 Å². The summed E-state index contributed by atoms with van der Waals surface area (Å²) in [5.41, 5.74) is 0.691. The first kappa shape index (κ1) is 30.0. The van der Waals surface area contributed by atoms with E-state index in [0.29, 0.717) is 16.7 Å². The lowest BCUT2D eigenvalue weighted by molar-refractivity contribution is -0.140. The van der Waals surface area contributed by atoms with Crippen molar-refractivity contribution in [2.24, 2.45) is 0 Å². The summed E-state index contributed by atoms with van der Waals surface area (Å²) in [7, 11) is 0. The van der Waals surface area contributed by atoms with Gasteiger partial charge in [0, 0.05) is 17.9 Å². The van der Waals surface area contributed by atoms with Gasteiger partial charge in [-0.3, -0.25) is 0 Å². The number of halogens is 3. The number of nitriles is 1. The summed E-state index contributed by atoms with van der Waals surface area (Å²) in [5.74, 6) is -1.91. The number of aromatic carboxylic acids is 1. The lowest BCUT2D eigenvalue weighted by Gasteiger charge is -2.47. The summed E-state index contributed by atoms with van der Waals surface area (Å²) in [5, 5.41) is 30.4. The van der Waals surface area contributed by atoms with Crippen LogP contribution in [0.3, 0.4) is 0 Å². The second-order valence-electron chi connectivity index (χ2n) is 9.46. The van der Waals surface area contributed by atoms with Crippen molar-refractivity contribution in [3.63, 3.8) is 0 Å². The Balaban J connectivity index is 1.93. The summed E-state index contributed by atoms with van der Waals surface area (Å²) in [4.78, 5) is 27.6. The average molecular weight is 578 g/mol. The van der Waals surface area contributed by atoms with E-state index in [4.69, 9.17) is 4.74 Å². The van der Waals surface area contributed by atoms with Gasteiger partial charge in [0.15, 0.2) is 6.35 Å². The highest BCUT2D eigenvalue weighted by atomic mass is 19.4. The molecule has 0 saturated heterocycles. The molecular formula is C31H26F3N3O5. The normalized spacial score (nSPS) is 17.5. The first-order chi connectivity index (χ1) is 20.0. The second kappa shape index (κ2) is 12.3. The van der Waals surface area contributed by atoms with E-state index < -0.39 is 36.1 Å². The minimum absolute atomic E-state index is 0.0200. The van der Waals surface area contributed by atoms with E-state index >= 15 is 0 Å². The Hall–Kier alpha value is -4.92. The molecule has 11 heteroatoms. The third-order valence-electron chi connectivity index (χ3n) is 6.81. The average Bonchev–Trinajstić information content (AvgIpc) is 2.97. The zero-order chi connectivity index (χ0) is 30.6. The number of rotatable bonds is 8. The van der Waals surface area contributed by atoms with E-state index in [0.717, 1.165) is 12.1 Å². The number of hydrogen-bond donors (Lipinski definition) is 2. The zero-order valence-electron chi connectivity index (χ0n) is 22.4. The highest BCUT2D eigenvalue weighted by molar-refractivity contribution is 5.92. The third-order valence-corrected chi connectivity index (χ3v) is 6.81. The standard InChI is InChI=1S/C31H26F3N3O5/c1-3-15-42-29(40)26-19(2)37(25-6-4-5-24(16-25)31(32,33)34)30(41)36(18-21-9-13-23(14-10-21)28(38)39)27(26)22-11-7-20(17-35)8-12-22/h3-14,16,27,30,41H,1,15,18H2,2H3,(H,38,39). The van der Waals surface area contributed by atoms with Crippen molar-refractivity contribution in [3.05, 3.63) is 125 Å². The Morgan fingerprint density at radius 1 is 1.10 bits per heavy atom. The number of benzene rings is 3. The molecule has 0 radical (unpaired) electrons. The number of carboxylic acids is 1. The van der Waals surface area contributed by atoms with Crippen LogP contribution in [0.4, 0.5) is 18.9 Å². The predicted octanol–water partition coefficient (Wildman–Crippen LogP) is 5.62. The van der Waals surface area contributed by atoms with Gasteiger partial charge in [0.25, 0.3) is 0 Å². The molecule has 0 aliphatic carbocycles. The molecule has 1 heterocycles. The van der Waals surface area contributed by atoms with Crippen LogP contribution in [-0.2, 0) is 22.3 Å². The zero-order valence-corrected chi connectivity index (χ0v) is 22.4. The molecule has 0 saturated carbocycles. The van der Waals surface area contributed by atoms with Crippen molar-refractivity contribution in [3.8, 4) is 6.07 Å². The highest BCUT2D eigenvalue weighted by Gasteiger charge is 2.43. The van der Waals surface area contributed by atoms with Gasteiger partial charge in [0.1, 0.15) is 6.61 Å². The molecule has 2 atom stereocenters.